The summed E-state index contributed by atoms with van der Waals surface area (Å²) in [7, 11) is 0. The number of aliphatic imine (C=N–C) groups is 1. The van der Waals surface area contributed by atoms with Gasteiger partial charge in [0, 0.05) is 31.2 Å². The van der Waals surface area contributed by atoms with E-state index in [0.717, 1.165) is 62.8 Å². The molecule has 1 aliphatic rings. The fourth-order valence-electron chi connectivity index (χ4n) is 3.13. The van der Waals surface area contributed by atoms with Gasteiger partial charge >= 0.3 is 5.97 Å². The highest BCUT2D eigenvalue weighted by molar-refractivity contribution is 6.30. The number of carbonyl (C=O) groups is 1. The molecule has 0 bridgehead atoms. The number of benzene rings is 1. The zero-order valence-electron chi connectivity index (χ0n) is 15.8. The van der Waals surface area contributed by atoms with E-state index >= 15 is 0 Å². The summed E-state index contributed by atoms with van der Waals surface area (Å²) in [6.07, 6.45) is 3.64. The lowest BCUT2D eigenvalue weighted by atomic mass is 9.97. The Kier molecular flexibility index (Phi) is 8.75. The molecule has 1 N–H and O–H groups in total. The Balaban J connectivity index is 1.81. The maximum Gasteiger partial charge on any atom is 0.309 e. The minimum atomic E-state index is -0.0583. The molecule has 0 amide bonds. The molecule has 26 heavy (non-hydrogen) atoms. The van der Waals surface area contributed by atoms with E-state index in [1.54, 1.807) is 0 Å². The van der Waals surface area contributed by atoms with Gasteiger partial charge in [0.1, 0.15) is 0 Å². The molecule has 1 heterocycles. The van der Waals surface area contributed by atoms with Crippen molar-refractivity contribution in [2.24, 2.45) is 10.9 Å². The van der Waals surface area contributed by atoms with E-state index in [-0.39, 0.29) is 11.9 Å². The second-order valence-corrected chi connectivity index (χ2v) is 6.92. The third kappa shape index (κ3) is 6.52. The van der Waals surface area contributed by atoms with Crippen LogP contribution in [0.2, 0.25) is 5.02 Å². The van der Waals surface area contributed by atoms with Crippen LogP contribution in [0.1, 0.15) is 38.7 Å². The minimum absolute atomic E-state index is 0.0268. The Hall–Kier alpha value is -1.75. The summed E-state index contributed by atoms with van der Waals surface area (Å²) in [6.45, 7) is 7.69. The number of carbonyl (C=O) groups excluding carboxylic acids is 1. The molecule has 2 rings (SSSR count). The van der Waals surface area contributed by atoms with E-state index in [1.807, 2.05) is 19.1 Å². The summed E-state index contributed by atoms with van der Waals surface area (Å²) in [5.74, 6) is 0.918. The maximum absolute atomic E-state index is 11.9. The first-order valence-corrected chi connectivity index (χ1v) is 9.96. The summed E-state index contributed by atoms with van der Waals surface area (Å²) >= 11 is 5.92. The van der Waals surface area contributed by atoms with Gasteiger partial charge in [0.25, 0.3) is 0 Å². The smallest absolute Gasteiger partial charge is 0.309 e. The molecule has 0 radical (unpaired) electrons. The molecule has 5 nitrogen and oxygen atoms in total. The van der Waals surface area contributed by atoms with Gasteiger partial charge < -0.3 is 15.0 Å². The van der Waals surface area contributed by atoms with Crippen molar-refractivity contribution in [3.8, 4) is 0 Å². The van der Waals surface area contributed by atoms with Crippen LogP contribution in [0.25, 0.3) is 0 Å². The van der Waals surface area contributed by atoms with Gasteiger partial charge in [-0.05, 0) is 57.2 Å². The van der Waals surface area contributed by atoms with Gasteiger partial charge in [0.2, 0.25) is 0 Å². The number of piperidine rings is 1. The highest BCUT2D eigenvalue weighted by Crippen LogP contribution is 2.19. The molecular formula is C20H30ClN3O2. The molecule has 0 saturated carbocycles. The molecule has 144 valence electrons. The van der Waals surface area contributed by atoms with Crippen LogP contribution >= 0.6 is 11.6 Å². The fraction of sp³-hybridized carbons (Fsp3) is 0.600. The van der Waals surface area contributed by atoms with Gasteiger partial charge in [-0.25, -0.2) is 0 Å². The predicted molar refractivity (Wildman–Crippen MR) is 107 cm³/mol. The summed E-state index contributed by atoms with van der Waals surface area (Å²) in [5, 5.41) is 4.14. The third-order valence-corrected chi connectivity index (χ3v) is 4.80. The zero-order valence-corrected chi connectivity index (χ0v) is 16.6. The Morgan fingerprint density at radius 3 is 2.58 bits per heavy atom. The first-order chi connectivity index (χ1) is 12.6. The van der Waals surface area contributed by atoms with Crippen LogP contribution in [-0.2, 0) is 16.0 Å². The number of aryl methyl sites for hydroxylation is 1. The number of ether oxygens (including phenoxy) is 1. The Morgan fingerprint density at radius 2 is 1.96 bits per heavy atom. The number of hydrogen-bond acceptors (Lipinski definition) is 3. The van der Waals surface area contributed by atoms with Gasteiger partial charge in [-0.3, -0.25) is 9.79 Å². The summed E-state index contributed by atoms with van der Waals surface area (Å²) in [5.41, 5.74) is 1.28. The number of guanidine groups is 1. The fourth-order valence-corrected chi connectivity index (χ4v) is 3.26. The van der Waals surface area contributed by atoms with E-state index in [9.17, 15) is 4.79 Å². The molecule has 1 aromatic carbocycles. The Labute approximate surface area is 161 Å². The highest BCUT2D eigenvalue weighted by atomic mass is 35.5. The van der Waals surface area contributed by atoms with E-state index < -0.39 is 0 Å². The molecule has 6 heteroatoms. The van der Waals surface area contributed by atoms with Gasteiger partial charge in [-0.2, -0.15) is 0 Å². The summed E-state index contributed by atoms with van der Waals surface area (Å²) in [4.78, 5) is 18.9. The van der Waals surface area contributed by atoms with Crippen molar-refractivity contribution >= 4 is 23.5 Å². The van der Waals surface area contributed by atoms with Crippen molar-refractivity contribution in [3.05, 3.63) is 34.9 Å². The Morgan fingerprint density at radius 1 is 1.27 bits per heavy atom. The topological polar surface area (TPSA) is 53.9 Å². The standard InChI is InChI=1S/C20H30ClN3O2/c1-3-22-20(23-13-5-6-16-7-9-18(21)10-8-16)24-14-11-17(12-15-24)19(25)26-4-2/h7-10,17H,3-6,11-15H2,1-2H3,(H,22,23). The van der Waals surface area contributed by atoms with Crippen molar-refractivity contribution in [3.63, 3.8) is 0 Å². The van der Waals surface area contributed by atoms with Crippen molar-refractivity contribution < 1.29 is 9.53 Å². The van der Waals surface area contributed by atoms with E-state index in [0.29, 0.717) is 6.61 Å². The van der Waals surface area contributed by atoms with Crippen LogP contribution < -0.4 is 5.32 Å². The van der Waals surface area contributed by atoms with Crippen LogP contribution in [0.5, 0.6) is 0 Å². The van der Waals surface area contributed by atoms with Gasteiger partial charge in [-0.1, -0.05) is 23.7 Å². The highest BCUT2D eigenvalue weighted by Gasteiger charge is 2.27. The molecular weight excluding hydrogens is 350 g/mol. The van der Waals surface area contributed by atoms with Crippen LogP contribution in [0.3, 0.4) is 0 Å². The number of nitrogens with one attached hydrogen (secondary N) is 1. The average Bonchev–Trinajstić information content (AvgIpc) is 2.66. The molecule has 1 saturated heterocycles. The number of rotatable bonds is 7. The first-order valence-electron chi connectivity index (χ1n) is 9.58. The van der Waals surface area contributed by atoms with Crippen LogP contribution in [0.15, 0.2) is 29.3 Å². The number of hydrogen-bond donors (Lipinski definition) is 1. The predicted octanol–water partition coefficient (Wildman–Crippen LogP) is 3.51. The van der Waals surface area contributed by atoms with Gasteiger partial charge in [0.05, 0.1) is 12.5 Å². The number of likely N-dealkylation sites (tertiary alicyclic amines) is 1. The van der Waals surface area contributed by atoms with E-state index in [4.69, 9.17) is 21.3 Å². The van der Waals surface area contributed by atoms with Crippen LogP contribution in [0.4, 0.5) is 0 Å². The normalized spacial score (nSPS) is 15.8. The SMILES string of the molecule is CCNC(=NCCCc1ccc(Cl)cc1)N1CCC(C(=O)OCC)CC1. The van der Waals surface area contributed by atoms with E-state index in [2.05, 4.69) is 29.3 Å². The first kappa shape index (κ1) is 20.6. The number of nitrogens with zero attached hydrogens (tertiary/aromatic N) is 2. The number of halogens is 1. The zero-order chi connectivity index (χ0) is 18.8. The maximum atomic E-state index is 11.9. The largest absolute Gasteiger partial charge is 0.466 e. The molecule has 0 aliphatic carbocycles. The summed E-state index contributed by atoms with van der Waals surface area (Å²) in [6, 6.07) is 7.99. The second-order valence-electron chi connectivity index (χ2n) is 6.48. The minimum Gasteiger partial charge on any atom is -0.466 e. The van der Waals surface area contributed by atoms with Crippen molar-refractivity contribution in [1.29, 1.82) is 0 Å². The Bertz CT molecular complexity index is 581. The van der Waals surface area contributed by atoms with Gasteiger partial charge in [0.15, 0.2) is 5.96 Å². The molecule has 0 unspecified atom stereocenters. The lowest BCUT2D eigenvalue weighted by molar-refractivity contribution is -0.149. The lowest BCUT2D eigenvalue weighted by Crippen LogP contribution is -2.46. The molecule has 1 fully saturated rings. The van der Waals surface area contributed by atoms with Crippen molar-refractivity contribution in [1.82, 2.24) is 10.2 Å². The second kappa shape index (κ2) is 11.1. The van der Waals surface area contributed by atoms with Crippen molar-refractivity contribution in [2.45, 2.75) is 39.5 Å². The molecule has 0 aromatic heterocycles. The molecule has 0 spiro atoms. The monoisotopic (exact) mass is 379 g/mol. The van der Waals surface area contributed by atoms with E-state index in [1.165, 1.54) is 5.56 Å². The summed E-state index contributed by atoms with van der Waals surface area (Å²) < 4.78 is 5.14. The average molecular weight is 380 g/mol. The molecule has 1 aliphatic heterocycles. The van der Waals surface area contributed by atoms with Gasteiger partial charge in [-0.15, -0.1) is 0 Å². The van der Waals surface area contributed by atoms with Crippen molar-refractivity contribution in [2.75, 3.05) is 32.8 Å². The quantitative estimate of drug-likeness (QED) is 0.341. The van der Waals surface area contributed by atoms with Crippen LogP contribution in [-0.4, -0.2) is 49.6 Å². The molecule has 0 atom stereocenters. The number of esters is 1. The lowest BCUT2D eigenvalue weighted by Gasteiger charge is -2.33. The third-order valence-electron chi connectivity index (χ3n) is 4.55. The van der Waals surface area contributed by atoms with Crippen LogP contribution in [0, 0.1) is 5.92 Å². The molecule has 1 aromatic rings.